The van der Waals surface area contributed by atoms with E-state index < -0.39 is 30.1 Å². The van der Waals surface area contributed by atoms with E-state index in [2.05, 4.69) is 83.5 Å². The standard InChI is InChI=1S/3C16H19N3O2.C15H17N3O3/c3*1-10-6-7-14(16(21)18-10)19-15(20)12-8-9-17-13-5-3-2-4-11(12)13;19-13-6-5-12(15(21)18-13)17-14(20)10-7-8-16-11-4-2-1-3-9(10)11/h3*2-5,12,14,17H,1,6-9H2,(H,18,21)(H,19,20);1-4,10,12,16H,5-8H2,(H,17,20)(H,18,19,21)/t12?,14-;2*12-,14-;10-,12+/m1101/s1. The third-order valence-electron chi connectivity index (χ3n) is 16.2. The van der Waals surface area contributed by atoms with Crippen LogP contribution < -0.4 is 63.8 Å². The summed E-state index contributed by atoms with van der Waals surface area (Å²) in [5.74, 6) is -2.40. The fraction of sp³-hybridized carbons (Fsp3) is 0.381. The molecule has 21 nitrogen and oxygen atoms in total. The van der Waals surface area contributed by atoms with E-state index >= 15 is 0 Å². The Morgan fingerprint density at radius 2 is 0.571 bits per heavy atom. The largest absolute Gasteiger partial charge is 0.385 e. The van der Waals surface area contributed by atoms with E-state index in [0.717, 1.165) is 108 Å². The highest BCUT2D eigenvalue weighted by molar-refractivity contribution is 6.02. The zero-order valence-corrected chi connectivity index (χ0v) is 47.0. The number of rotatable bonds is 8. The molecule has 0 bridgehead atoms. The monoisotopic (exact) mass is 1140 g/mol. The van der Waals surface area contributed by atoms with Gasteiger partial charge in [-0.15, -0.1) is 0 Å². The van der Waals surface area contributed by atoms with Crippen LogP contribution in [0.1, 0.15) is 123 Å². The first-order valence-electron chi connectivity index (χ1n) is 28.9. The maximum Gasteiger partial charge on any atom is 0.249 e. The van der Waals surface area contributed by atoms with Crippen LogP contribution in [0.15, 0.2) is 134 Å². The van der Waals surface area contributed by atoms with E-state index in [1.54, 1.807) is 0 Å². The van der Waals surface area contributed by atoms with Gasteiger partial charge < -0.3 is 58.5 Å². The average molecular weight is 1140 g/mol. The summed E-state index contributed by atoms with van der Waals surface area (Å²) in [7, 11) is 0. The molecule has 8 heterocycles. The van der Waals surface area contributed by atoms with Crippen LogP contribution in [-0.2, 0) is 43.2 Å². The number of amides is 9. The molecule has 4 saturated heterocycles. The number of anilines is 4. The number of allylic oxidation sites excluding steroid dienone is 3. The summed E-state index contributed by atoms with van der Waals surface area (Å²) in [6, 6.07) is 29.2. The minimum Gasteiger partial charge on any atom is -0.385 e. The molecule has 21 heteroatoms. The minimum absolute atomic E-state index is 0.0726. The van der Waals surface area contributed by atoms with Gasteiger partial charge >= 0.3 is 0 Å². The lowest BCUT2D eigenvalue weighted by Crippen LogP contribution is -2.53. The van der Waals surface area contributed by atoms with Crippen LogP contribution in [0.25, 0.3) is 0 Å². The topological polar surface area (TPSA) is 298 Å². The normalized spacial score (nSPS) is 24.6. The SMILES string of the molecule is C=C1CC[C@@H](NC(=O)C2CCNc3ccccc32)C(=O)N1.C=C1CC[C@@H](NC(=O)[C@@H]2CCNc3ccccc32)C(=O)N1.C=C1CC[C@H](NC(=O)[C@H]2CCNc3ccccc32)C(=O)N1.O=C1CC[C@H](NC(=O)[C@@H]2CCNc3ccccc32)C(=O)N1. The van der Waals surface area contributed by atoms with Crippen LogP contribution in [0.5, 0.6) is 0 Å². The van der Waals surface area contributed by atoms with Crippen molar-refractivity contribution in [2.45, 2.75) is 125 Å². The van der Waals surface area contributed by atoms with Gasteiger partial charge in [-0.05, 0) is 117 Å². The first-order valence-corrected chi connectivity index (χ1v) is 28.9. The Hall–Kier alpha value is -9.27. The van der Waals surface area contributed by atoms with Crippen molar-refractivity contribution in [3.05, 3.63) is 156 Å². The molecular formula is C63H74N12O9. The second-order valence-electron chi connectivity index (χ2n) is 22.0. The van der Waals surface area contributed by atoms with E-state index in [-0.39, 0.29) is 77.3 Å². The number of carbonyl (C=O) groups is 9. The van der Waals surface area contributed by atoms with Gasteiger partial charge in [0.05, 0.1) is 23.7 Å². The fourth-order valence-electron chi connectivity index (χ4n) is 11.6. The van der Waals surface area contributed by atoms with Crippen LogP contribution in [0, 0.1) is 0 Å². The van der Waals surface area contributed by atoms with Crippen LogP contribution in [0.4, 0.5) is 22.7 Å². The van der Waals surface area contributed by atoms with Gasteiger partial charge in [0.2, 0.25) is 53.2 Å². The Balaban J connectivity index is 0.000000134. The average Bonchev–Trinajstić information content (AvgIpc) is 3.16. The molecule has 4 aromatic carbocycles. The Labute approximate surface area is 488 Å². The summed E-state index contributed by atoms with van der Waals surface area (Å²) >= 11 is 0. The van der Waals surface area contributed by atoms with Crippen molar-refractivity contribution < 1.29 is 43.2 Å². The number of carbonyl (C=O) groups excluding carboxylic acids is 9. The van der Waals surface area contributed by atoms with Crippen molar-refractivity contribution >= 4 is 75.9 Å². The summed E-state index contributed by atoms with van der Waals surface area (Å²) in [5, 5.41) is 34.9. The maximum absolute atomic E-state index is 12.5. The number of nitrogens with one attached hydrogen (secondary N) is 12. The molecule has 1 unspecified atom stereocenters. The number of fused-ring (bicyclic) bond motifs is 4. The molecule has 8 atom stereocenters. The van der Waals surface area contributed by atoms with Gasteiger partial charge in [-0.2, -0.15) is 0 Å². The van der Waals surface area contributed by atoms with Gasteiger partial charge in [0.15, 0.2) is 0 Å². The smallest absolute Gasteiger partial charge is 0.249 e. The summed E-state index contributed by atoms with van der Waals surface area (Å²) in [4.78, 5) is 108. The molecule has 8 aliphatic heterocycles. The Bertz CT molecular complexity index is 2810. The first kappa shape index (κ1) is 59.4. The Morgan fingerprint density at radius 1 is 0.333 bits per heavy atom. The molecule has 12 rings (SSSR count). The van der Waals surface area contributed by atoms with Crippen LogP contribution >= 0.6 is 0 Å². The lowest BCUT2D eigenvalue weighted by Gasteiger charge is -2.29. The number of para-hydroxylation sites is 4. The molecule has 12 N–H and O–H groups in total. The van der Waals surface area contributed by atoms with E-state index in [9.17, 15) is 43.2 Å². The van der Waals surface area contributed by atoms with Crippen molar-refractivity contribution in [1.82, 2.24) is 42.5 Å². The highest BCUT2D eigenvalue weighted by Crippen LogP contribution is 2.35. The summed E-state index contributed by atoms with van der Waals surface area (Å²) in [6.45, 7) is 14.3. The summed E-state index contributed by atoms with van der Waals surface area (Å²) in [6.07, 6.45) is 7.50. The van der Waals surface area contributed by atoms with Crippen molar-refractivity contribution in [2.24, 2.45) is 0 Å². The van der Waals surface area contributed by atoms with E-state index in [4.69, 9.17) is 0 Å². The van der Waals surface area contributed by atoms with E-state index in [1.807, 2.05) is 97.1 Å². The first-order chi connectivity index (χ1) is 40.6. The van der Waals surface area contributed by atoms with Gasteiger partial charge in [-0.25, -0.2) is 0 Å². The lowest BCUT2D eigenvalue weighted by atomic mass is 9.89. The third kappa shape index (κ3) is 14.9. The van der Waals surface area contributed by atoms with Gasteiger partial charge in [0, 0.05) is 72.4 Å². The lowest BCUT2D eigenvalue weighted by molar-refractivity contribution is -0.137. The van der Waals surface area contributed by atoms with Gasteiger partial charge in [-0.1, -0.05) is 92.5 Å². The number of hydrogen-bond donors (Lipinski definition) is 12. The van der Waals surface area contributed by atoms with Crippen LogP contribution in [0.3, 0.4) is 0 Å². The molecule has 0 saturated carbocycles. The van der Waals surface area contributed by atoms with Crippen molar-refractivity contribution in [1.29, 1.82) is 0 Å². The molecule has 4 aromatic rings. The predicted molar refractivity (Wildman–Crippen MR) is 319 cm³/mol. The molecule has 84 heavy (non-hydrogen) atoms. The summed E-state index contributed by atoms with van der Waals surface area (Å²) in [5.41, 5.74) is 10.1. The molecule has 0 spiro atoms. The number of imide groups is 1. The van der Waals surface area contributed by atoms with Crippen molar-refractivity contribution in [3.63, 3.8) is 0 Å². The van der Waals surface area contributed by atoms with Gasteiger partial charge in [0.1, 0.15) is 24.2 Å². The molecule has 4 fully saturated rings. The molecule has 0 radical (unpaired) electrons. The van der Waals surface area contributed by atoms with Gasteiger partial charge in [-0.3, -0.25) is 48.5 Å². The molecule has 440 valence electrons. The zero-order chi connectivity index (χ0) is 59.3. The highest BCUT2D eigenvalue weighted by atomic mass is 16.2. The predicted octanol–water partition coefficient (Wildman–Crippen LogP) is 4.99. The minimum atomic E-state index is -0.614. The zero-order valence-electron chi connectivity index (χ0n) is 47.0. The van der Waals surface area contributed by atoms with Crippen molar-refractivity contribution in [3.8, 4) is 0 Å². The Morgan fingerprint density at radius 3 is 0.821 bits per heavy atom. The maximum atomic E-state index is 12.5. The molecule has 9 amide bonds. The molecule has 8 aliphatic rings. The molecule has 0 aromatic heterocycles. The van der Waals surface area contributed by atoms with Gasteiger partial charge in [0.25, 0.3) is 0 Å². The molecular weight excluding hydrogens is 1070 g/mol. The van der Waals surface area contributed by atoms with E-state index in [0.29, 0.717) is 51.4 Å². The number of benzene rings is 4. The van der Waals surface area contributed by atoms with E-state index in [1.165, 1.54) is 0 Å². The quantitative estimate of drug-likeness (QED) is 0.104. The fourth-order valence-corrected chi connectivity index (χ4v) is 11.6. The second kappa shape index (κ2) is 27.7. The highest BCUT2D eigenvalue weighted by Gasteiger charge is 2.36. The Kier molecular flexibility index (Phi) is 19.5. The number of hydrogen-bond acceptors (Lipinski definition) is 13. The second-order valence-corrected chi connectivity index (χ2v) is 22.0. The van der Waals surface area contributed by atoms with Crippen molar-refractivity contribution in [2.75, 3.05) is 47.4 Å². The molecule has 0 aliphatic carbocycles. The van der Waals surface area contributed by atoms with Crippen LogP contribution in [-0.4, -0.2) is 104 Å². The number of piperidine rings is 4. The summed E-state index contributed by atoms with van der Waals surface area (Å²) < 4.78 is 0. The van der Waals surface area contributed by atoms with Crippen LogP contribution in [0.2, 0.25) is 0 Å². The third-order valence-corrected chi connectivity index (χ3v) is 16.2.